The van der Waals surface area contributed by atoms with Crippen molar-refractivity contribution in [1.82, 2.24) is 5.32 Å². The van der Waals surface area contributed by atoms with Gasteiger partial charge in [-0.15, -0.1) is 0 Å². The second-order valence-electron chi connectivity index (χ2n) is 4.15. The van der Waals surface area contributed by atoms with Crippen LogP contribution in [0.25, 0.3) is 0 Å². The number of amidine groups is 1. The van der Waals surface area contributed by atoms with E-state index >= 15 is 0 Å². The number of nitrogens with two attached hydrogens (primary N) is 1. The van der Waals surface area contributed by atoms with Crippen LogP contribution in [0.1, 0.15) is 29.8 Å². The summed E-state index contributed by atoms with van der Waals surface area (Å²) in [6, 6.07) is 7.47. The molecule has 1 unspecified atom stereocenters. The third kappa shape index (κ3) is 3.48. The van der Waals surface area contributed by atoms with Crippen molar-refractivity contribution >= 4 is 11.7 Å². The van der Waals surface area contributed by atoms with Gasteiger partial charge >= 0.3 is 0 Å². The molecule has 0 bridgehead atoms. The predicted molar refractivity (Wildman–Crippen MR) is 70.7 cm³/mol. The van der Waals surface area contributed by atoms with Gasteiger partial charge in [-0.1, -0.05) is 37.2 Å². The molecule has 1 rings (SSSR count). The van der Waals surface area contributed by atoms with E-state index in [2.05, 4.69) is 10.5 Å². The zero-order chi connectivity index (χ0) is 13.5. The number of benzene rings is 1. The van der Waals surface area contributed by atoms with Gasteiger partial charge < -0.3 is 16.3 Å². The molecule has 5 nitrogen and oxygen atoms in total. The zero-order valence-corrected chi connectivity index (χ0v) is 10.7. The minimum absolute atomic E-state index is 0.110. The van der Waals surface area contributed by atoms with E-state index in [4.69, 9.17) is 10.9 Å². The molecule has 0 aliphatic carbocycles. The summed E-state index contributed by atoms with van der Waals surface area (Å²) in [5, 5.41) is 14.2. The summed E-state index contributed by atoms with van der Waals surface area (Å²) in [4.78, 5) is 12.0. The molecular weight excluding hydrogens is 230 g/mol. The fraction of sp³-hybridized carbons (Fsp3) is 0.385. The zero-order valence-electron chi connectivity index (χ0n) is 10.7. The highest BCUT2D eigenvalue weighted by Crippen LogP contribution is 2.09. The van der Waals surface area contributed by atoms with Crippen molar-refractivity contribution in [2.24, 2.45) is 16.8 Å². The van der Waals surface area contributed by atoms with E-state index in [0.29, 0.717) is 12.1 Å². The van der Waals surface area contributed by atoms with Gasteiger partial charge in [0.25, 0.3) is 5.91 Å². The molecule has 0 radical (unpaired) electrons. The lowest BCUT2D eigenvalue weighted by Crippen LogP contribution is -2.35. The monoisotopic (exact) mass is 249 g/mol. The van der Waals surface area contributed by atoms with Gasteiger partial charge in [-0.25, -0.2) is 0 Å². The summed E-state index contributed by atoms with van der Waals surface area (Å²) in [7, 11) is 0. The first-order chi connectivity index (χ1) is 8.60. The average molecular weight is 249 g/mol. The van der Waals surface area contributed by atoms with Crippen LogP contribution >= 0.6 is 0 Å². The van der Waals surface area contributed by atoms with Crippen molar-refractivity contribution < 1.29 is 10.0 Å². The minimum atomic E-state index is -0.201. The minimum Gasteiger partial charge on any atom is -0.409 e. The summed E-state index contributed by atoms with van der Waals surface area (Å²) in [5.41, 5.74) is 7.13. The Morgan fingerprint density at radius 2 is 2.17 bits per heavy atom. The van der Waals surface area contributed by atoms with Crippen LogP contribution in [0.2, 0.25) is 0 Å². The number of hydrogen-bond acceptors (Lipinski definition) is 3. The number of oxime groups is 1. The normalized spacial score (nSPS) is 13.1. The van der Waals surface area contributed by atoms with E-state index in [1.54, 1.807) is 13.0 Å². The van der Waals surface area contributed by atoms with Gasteiger partial charge in [0, 0.05) is 18.0 Å². The molecule has 0 saturated carbocycles. The van der Waals surface area contributed by atoms with Crippen molar-refractivity contribution in [2.75, 3.05) is 6.54 Å². The molecule has 0 aromatic heterocycles. The van der Waals surface area contributed by atoms with Crippen LogP contribution < -0.4 is 11.1 Å². The molecule has 0 aliphatic rings. The van der Waals surface area contributed by atoms with Gasteiger partial charge in [0.05, 0.1) is 0 Å². The van der Waals surface area contributed by atoms with Gasteiger partial charge in [0.2, 0.25) is 0 Å². The standard InChI is InChI=1S/C13H19N3O2/c1-3-10-6-4-5-7-11(10)13(17)15-8-9(2)12(14)16-18/h4-7,9,18H,3,8H2,1-2H3,(H2,14,16)(H,15,17). The van der Waals surface area contributed by atoms with Crippen molar-refractivity contribution in [2.45, 2.75) is 20.3 Å². The Kier molecular flexibility index (Phi) is 5.17. The Labute approximate surface area is 107 Å². The molecule has 1 amide bonds. The van der Waals surface area contributed by atoms with Crippen LogP contribution in [0.3, 0.4) is 0 Å². The van der Waals surface area contributed by atoms with E-state index in [0.717, 1.165) is 12.0 Å². The quantitative estimate of drug-likeness (QED) is 0.318. The van der Waals surface area contributed by atoms with Crippen LogP contribution in [0.15, 0.2) is 29.4 Å². The molecule has 1 aromatic rings. The van der Waals surface area contributed by atoms with Crippen LogP contribution in [0.5, 0.6) is 0 Å². The van der Waals surface area contributed by atoms with E-state index < -0.39 is 0 Å². The molecule has 5 heteroatoms. The second-order valence-corrected chi connectivity index (χ2v) is 4.15. The van der Waals surface area contributed by atoms with Crippen LogP contribution in [0.4, 0.5) is 0 Å². The van der Waals surface area contributed by atoms with E-state index in [9.17, 15) is 4.79 Å². The summed E-state index contributed by atoms with van der Waals surface area (Å²) in [6.07, 6.45) is 0.805. The molecule has 0 saturated heterocycles. The number of aryl methyl sites for hydroxylation is 1. The lowest BCUT2D eigenvalue weighted by molar-refractivity contribution is 0.0950. The van der Waals surface area contributed by atoms with E-state index in [1.807, 2.05) is 25.1 Å². The van der Waals surface area contributed by atoms with E-state index in [-0.39, 0.29) is 17.7 Å². The van der Waals surface area contributed by atoms with Gasteiger partial charge in [-0.05, 0) is 18.1 Å². The Morgan fingerprint density at radius 1 is 1.50 bits per heavy atom. The molecule has 0 heterocycles. The maximum atomic E-state index is 12.0. The summed E-state index contributed by atoms with van der Waals surface area (Å²) < 4.78 is 0. The molecule has 18 heavy (non-hydrogen) atoms. The molecular formula is C13H19N3O2. The number of carbonyl (C=O) groups is 1. The molecule has 1 atom stereocenters. The predicted octanol–water partition coefficient (Wildman–Crippen LogP) is 1.36. The largest absolute Gasteiger partial charge is 0.409 e. The summed E-state index contributed by atoms with van der Waals surface area (Å²) in [6.45, 7) is 4.12. The SMILES string of the molecule is CCc1ccccc1C(=O)NCC(C)/C(N)=N/O. The van der Waals surface area contributed by atoms with Crippen molar-refractivity contribution in [3.05, 3.63) is 35.4 Å². The molecule has 0 aliphatic heterocycles. The number of nitrogens with one attached hydrogen (secondary N) is 1. The molecule has 0 spiro atoms. The van der Waals surface area contributed by atoms with Crippen LogP contribution in [-0.2, 0) is 6.42 Å². The number of rotatable bonds is 5. The van der Waals surface area contributed by atoms with Gasteiger partial charge in [-0.2, -0.15) is 0 Å². The fourth-order valence-electron chi connectivity index (χ4n) is 1.59. The Hall–Kier alpha value is -2.04. The Bertz CT molecular complexity index is 444. The number of hydrogen-bond donors (Lipinski definition) is 3. The lowest BCUT2D eigenvalue weighted by atomic mass is 10.0. The number of nitrogens with zero attached hydrogens (tertiary/aromatic N) is 1. The molecule has 98 valence electrons. The van der Waals surface area contributed by atoms with Crippen molar-refractivity contribution in [1.29, 1.82) is 0 Å². The van der Waals surface area contributed by atoms with Gasteiger partial charge in [0.1, 0.15) is 5.84 Å². The third-order valence-corrected chi connectivity index (χ3v) is 2.83. The van der Waals surface area contributed by atoms with Crippen molar-refractivity contribution in [3.63, 3.8) is 0 Å². The van der Waals surface area contributed by atoms with E-state index in [1.165, 1.54) is 0 Å². The smallest absolute Gasteiger partial charge is 0.251 e. The van der Waals surface area contributed by atoms with Crippen LogP contribution in [0, 0.1) is 5.92 Å². The fourth-order valence-corrected chi connectivity index (χ4v) is 1.59. The highest BCUT2D eigenvalue weighted by Gasteiger charge is 2.12. The summed E-state index contributed by atoms with van der Waals surface area (Å²) >= 11 is 0. The molecule has 1 aromatic carbocycles. The highest BCUT2D eigenvalue weighted by atomic mass is 16.4. The second kappa shape index (κ2) is 6.64. The maximum absolute atomic E-state index is 12.0. The van der Waals surface area contributed by atoms with Crippen LogP contribution in [-0.4, -0.2) is 23.5 Å². The first-order valence-electron chi connectivity index (χ1n) is 5.93. The highest BCUT2D eigenvalue weighted by molar-refractivity contribution is 5.96. The number of amides is 1. The van der Waals surface area contributed by atoms with Gasteiger partial charge in [0.15, 0.2) is 0 Å². The average Bonchev–Trinajstić information content (AvgIpc) is 2.43. The first-order valence-corrected chi connectivity index (χ1v) is 5.93. The lowest BCUT2D eigenvalue weighted by Gasteiger charge is -2.12. The Balaban J connectivity index is 2.66. The molecule has 4 N–H and O–H groups in total. The first kappa shape index (κ1) is 14.0. The number of carbonyl (C=O) groups excluding carboxylic acids is 1. The van der Waals surface area contributed by atoms with Crippen molar-refractivity contribution in [3.8, 4) is 0 Å². The third-order valence-electron chi connectivity index (χ3n) is 2.83. The maximum Gasteiger partial charge on any atom is 0.251 e. The molecule has 0 fully saturated rings. The topological polar surface area (TPSA) is 87.7 Å². The summed E-state index contributed by atoms with van der Waals surface area (Å²) in [5.74, 6) is -0.225. The Morgan fingerprint density at radius 3 is 2.78 bits per heavy atom. The van der Waals surface area contributed by atoms with Gasteiger partial charge in [-0.3, -0.25) is 4.79 Å².